The van der Waals surface area contributed by atoms with Crippen molar-refractivity contribution in [2.24, 2.45) is 10.9 Å². The molecule has 0 radical (unpaired) electrons. The summed E-state index contributed by atoms with van der Waals surface area (Å²) in [5.41, 5.74) is 5.98. The maximum absolute atomic E-state index is 12.1. The molecular formula is C19H13BrClN3O6. The van der Waals surface area contributed by atoms with Gasteiger partial charge in [-0.05, 0) is 42.5 Å². The Morgan fingerprint density at radius 3 is 2.60 bits per heavy atom. The third-order valence-corrected chi connectivity index (χ3v) is 4.52. The van der Waals surface area contributed by atoms with Crippen LogP contribution in [0.4, 0.5) is 5.69 Å². The number of ether oxygens (including phenoxy) is 1. The Balaban J connectivity index is 1.59. The molecule has 3 aromatic rings. The van der Waals surface area contributed by atoms with Crippen LogP contribution < -0.4 is 10.5 Å². The van der Waals surface area contributed by atoms with Crippen molar-refractivity contribution in [3.8, 4) is 5.75 Å². The van der Waals surface area contributed by atoms with Crippen molar-refractivity contribution >= 4 is 45.0 Å². The molecule has 0 spiro atoms. The summed E-state index contributed by atoms with van der Waals surface area (Å²) in [6.45, 7) is 0.0445. The van der Waals surface area contributed by atoms with Crippen LogP contribution in [0.15, 0.2) is 68.6 Å². The van der Waals surface area contributed by atoms with E-state index in [1.165, 1.54) is 30.3 Å². The second kappa shape index (κ2) is 9.42. The maximum atomic E-state index is 12.1. The molecule has 0 saturated heterocycles. The fourth-order valence-electron chi connectivity index (χ4n) is 2.25. The first kappa shape index (κ1) is 21.3. The third-order valence-electron chi connectivity index (χ3n) is 3.73. The highest BCUT2D eigenvalue weighted by molar-refractivity contribution is 9.10. The number of hydrogen-bond donors (Lipinski definition) is 1. The van der Waals surface area contributed by atoms with E-state index < -0.39 is 10.9 Å². The Labute approximate surface area is 183 Å². The number of benzene rings is 2. The highest BCUT2D eigenvalue weighted by Gasteiger charge is 2.15. The lowest BCUT2D eigenvalue weighted by Crippen LogP contribution is -2.15. The van der Waals surface area contributed by atoms with Crippen LogP contribution in [-0.2, 0) is 11.4 Å². The number of nitro groups is 1. The van der Waals surface area contributed by atoms with Crippen molar-refractivity contribution in [2.45, 2.75) is 6.61 Å². The van der Waals surface area contributed by atoms with Gasteiger partial charge in [-0.25, -0.2) is 4.79 Å². The lowest BCUT2D eigenvalue weighted by atomic mass is 10.2. The molecule has 3 rings (SSSR count). The zero-order valence-corrected chi connectivity index (χ0v) is 17.4. The monoisotopic (exact) mass is 493 g/mol. The van der Waals surface area contributed by atoms with Crippen LogP contribution in [0.2, 0.25) is 5.02 Å². The number of nitrogens with two attached hydrogens (primary N) is 1. The number of non-ortho nitro benzene ring substituents is 1. The average Bonchev–Trinajstić information content (AvgIpc) is 3.20. The van der Waals surface area contributed by atoms with Crippen LogP contribution >= 0.6 is 27.5 Å². The minimum atomic E-state index is -0.868. The number of halogens is 2. The zero-order valence-electron chi connectivity index (χ0n) is 15.1. The molecule has 0 amide bonds. The number of carbonyl (C=O) groups is 1. The number of nitro benzene ring substituents is 1. The van der Waals surface area contributed by atoms with Gasteiger partial charge in [0.15, 0.2) is 5.84 Å². The van der Waals surface area contributed by atoms with Crippen molar-refractivity contribution in [3.63, 3.8) is 0 Å². The number of rotatable bonds is 7. The fraction of sp³-hybridized carbons (Fsp3) is 0.0526. The molecule has 30 heavy (non-hydrogen) atoms. The van der Waals surface area contributed by atoms with Gasteiger partial charge < -0.3 is 19.7 Å². The number of carbonyl (C=O) groups excluding carboxylic acids is 1. The normalized spacial score (nSPS) is 11.2. The number of nitrogens with zero attached hydrogens (tertiary/aromatic N) is 2. The Bertz CT molecular complexity index is 1110. The molecular weight excluding hydrogens is 482 g/mol. The van der Waals surface area contributed by atoms with Crippen LogP contribution in [0, 0.1) is 10.1 Å². The Hall–Kier alpha value is -3.37. The van der Waals surface area contributed by atoms with Crippen LogP contribution in [0.3, 0.4) is 0 Å². The van der Waals surface area contributed by atoms with E-state index >= 15 is 0 Å². The molecule has 0 bridgehead atoms. The molecule has 2 N–H and O–H groups in total. The Morgan fingerprint density at radius 1 is 1.20 bits per heavy atom. The van der Waals surface area contributed by atoms with Gasteiger partial charge in [0, 0.05) is 22.2 Å². The Morgan fingerprint density at radius 2 is 1.93 bits per heavy atom. The molecule has 11 heteroatoms. The SMILES string of the molecule is N/C(=N\OC(=O)c1ccc(COc2ccc(Br)cc2Cl)o1)c1ccc([N+](=O)[O-])cc1. The molecule has 0 aliphatic carbocycles. The second-order valence-electron chi connectivity index (χ2n) is 5.79. The summed E-state index contributed by atoms with van der Waals surface area (Å²) >= 11 is 9.38. The number of furan rings is 1. The number of oxime groups is 1. The van der Waals surface area contributed by atoms with Crippen LogP contribution in [0.1, 0.15) is 21.9 Å². The first-order valence-electron chi connectivity index (χ1n) is 8.29. The topological polar surface area (TPSA) is 130 Å². The van der Waals surface area contributed by atoms with E-state index in [-0.39, 0.29) is 23.9 Å². The molecule has 0 unspecified atom stereocenters. The van der Waals surface area contributed by atoms with Crippen molar-refractivity contribution in [1.29, 1.82) is 0 Å². The molecule has 0 fully saturated rings. The van der Waals surface area contributed by atoms with Gasteiger partial charge in [-0.2, -0.15) is 0 Å². The summed E-state index contributed by atoms with van der Waals surface area (Å²) in [5.74, 6) is -0.268. The van der Waals surface area contributed by atoms with E-state index in [4.69, 9.17) is 31.3 Å². The summed E-state index contributed by atoms with van der Waals surface area (Å²) in [6, 6.07) is 13.4. The molecule has 2 aromatic carbocycles. The predicted octanol–water partition coefficient (Wildman–Crippen LogP) is 4.66. The van der Waals surface area contributed by atoms with Gasteiger partial charge >= 0.3 is 5.97 Å². The molecule has 0 aliphatic rings. The fourth-order valence-corrected chi connectivity index (χ4v) is 2.98. The Kier molecular flexibility index (Phi) is 6.70. The molecule has 1 heterocycles. The second-order valence-corrected chi connectivity index (χ2v) is 7.11. The van der Waals surface area contributed by atoms with Gasteiger partial charge in [0.1, 0.15) is 18.1 Å². The van der Waals surface area contributed by atoms with Gasteiger partial charge in [-0.3, -0.25) is 10.1 Å². The molecule has 154 valence electrons. The molecule has 0 saturated carbocycles. The summed E-state index contributed by atoms with van der Waals surface area (Å²) in [4.78, 5) is 26.9. The van der Waals surface area contributed by atoms with Gasteiger partial charge in [0.2, 0.25) is 5.76 Å². The summed E-state index contributed by atoms with van der Waals surface area (Å²) in [5, 5.41) is 14.6. The van der Waals surface area contributed by atoms with Crippen molar-refractivity contribution < 1.29 is 23.7 Å². The van der Waals surface area contributed by atoms with E-state index in [1.54, 1.807) is 24.3 Å². The zero-order chi connectivity index (χ0) is 21.7. The first-order chi connectivity index (χ1) is 14.3. The van der Waals surface area contributed by atoms with Crippen molar-refractivity contribution in [2.75, 3.05) is 0 Å². The molecule has 1 aromatic heterocycles. The standard InChI is InChI=1S/C19H13BrClN3O6/c20-12-3-7-16(15(21)9-12)28-10-14-6-8-17(29-14)19(25)30-23-18(22)11-1-4-13(5-2-11)24(26)27/h1-9H,10H2,(H2,22,23). The highest BCUT2D eigenvalue weighted by atomic mass is 79.9. The van der Waals surface area contributed by atoms with E-state index in [9.17, 15) is 14.9 Å². The van der Waals surface area contributed by atoms with Gasteiger partial charge in [0.05, 0.1) is 9.95 Å². The first-order valence-corrected chi connectivity index (χ1v) is 9.47. The molecule has 0 aliphatic heterocycles. The van der Waals surface area contributed by atoms with E-state index in [1.807, 2.05) is 0 Å². The van der Waals surface area contributed by atoms with E-state index in [2.05, 4.69) is 21.1 Å². The third kappa shape index (κ3) is 5.37. The van der Waals surface area contributed by atoms with Gasteiger partial charge in [-0.15, -0.1) is 0 Å². The average molecular weight is 495 g/mol. The quantitative estimate of drug-likeness (QED) is 0.166. The highest BCUT2D eigenvalue weighted by Crippen LogP contribution is 2.28. The van der Waals surface area contributed by atoms with Gasteiger partial charge in [0.25, 0.3) is 5.69 Å². The van der Waals surface area contributed by atoms with E-state index in [0.29, 0.717) is 22.1 Å². The molecule has 9 nitrogen and oxygen atoms in total. The summed E-state index contributed by atoms with van der Waals surface area (Å²) in [7, 11) is 0. The number of amidine groups is 1. The lowest BCUT2D eigenvalue weighted by molar-refractivity contribution is -0.384. The summed E-state index contributed by atoms with van der Waals surface area (Å²) < 4.78 is 11.7. The smallest absolute Gasteiger partial charge is 0.400 e. The van der Waals surface area contributed by atoms with E-state index in [0.717, 1.165) is 4.47 Å². The van der Waals surface area contributed by atoms with Crippen LogP contribution in [-0.4, -0.2) is 16.7 Å². The van der Waals surface area contributed by atoms with Crippen molar-refractivity contribution in [3.05, 3.63) is 91.3 Å². The van der Waals surface area contributed by atoms with Crippen LogP contribution in [0.25, 0.3) is 0 Å². The molecule has 0 atom stereocenters. The van der Waals surface area contributed by atoms with Gasteiger partial charge in [-0.1, -0.05) is 32.7 Å². The minimum Gasteiger partial charge on any atom is -0.484 e. The maximum Gasteiger partial charge on any atom is 0.400 e. The number of hydrogen-bond acceptors (Lipinski definition) is 7. The van der Waals surface area contributed by atoms with Crippen molar-refractivity contribution in [1.82, 2.24) is 0 Å². The largest absolute Gasteiger partial charge is 0.484 e. The van der Waals surface area contributed by atoms with Crippen LogP contribution in [0.5, 0.6) is 5.75 Å². The summed E-state index contributed by atoms with van der Waals surface area (Å²) in [6.07, 6.45) is 0. The lowest BCUT2D eigenvalue weighted by Gasteiger charge is -2.06. The predicted molar refractivity (Wildman–Crippen MR) is 111 cm³/mol. The minimum absolute atomic E-state index is 0.0445.